The molecule has 8 rings (SSSR count). The van der Waals surface area contributed by atoms with Crippen LogP contribution in [-0.2, 0) is 0 Å². The van der Waals surface area contributed by atoms with Gasteiger partial charge in [0.25, 0.3) is 0 Å². The number of nitrogens with zero attached hydrogens (tertiary/aromatic N) is 5. The first-order valence-corrected chi connectivity index (χ1v) is 16.0. The van der Waals surface area contributed by atoms with Gasteiger partial charge in [0.1, 0.15) is 41.9 Å². The van der Waals surface area contributed by atoms with Crippen LogP contribution >= 0.6 is 0 Å². The predicted molar refractivity (Wildman–Crippen MR) is 169 cm³/mol. The molecule has 8 nitrogen and oxygen atoms in total. The second-order valence-electron chi connectivity index (χ2n) is 13.5. The van der Waals surface area contributed by atoms with Crippen molar-refractivity contribution < 1.29 is 23.0 Å². The van der Waals surface area contributed by atoms with E-state index in [0.29, 0.717) is 66.6 Å². The molecule has 4 fully saturated rings. The maximum absolute atomic E-state index is 16.8. The van der Waals surface area contributed by atoms with Crippen LogP contribution in [0, 0.1) is 29.4 Å². The van der Waals surface area contributed by atoms with Gasteiger partial charge in [-0.2, -0.15) is 9.97 Å². The van der Waals surface area contributed by atoms with Crippen molar-refractivity contribution in [3.8, 4) is 29.6 Å². The third kappa shape index (κ3) is 4.77. The molecule has 2 N–H and O–H groups in total. The lowest BCUT2D eigenvalue weighted by atomic mass is 9.79. The summed E-state index contributed by atoms with van der Waals surface area (Å²) in [6, 6.07) is 8.15. The van der Waals surface area contributed by atoms with Crippen LogP contribution in [0.15, 0.2) is 36.5 Å². The molecule has 4 aromatic rings. The van der Waals surface area contributed by atoms with Gasteiger partial charge < -0.3 is 14.7 Å². The van der Waals surface area contributed by atoms with Gasteiger partial charge >= 0.3 is 6.01 Å². The van der Waals surface area contributed by atoms with Crippen LogP contribution in [0.4, 0.5) is 19.0 Å². The van der Waals surface area contributed by atoms with Crippen LogP contribution in [0.1, 0.15) is 44.1 Å². The van der Waals surface area contributed by atoms with Crippen LogP contribution in [0.25, 0.3) is 32.9 Å². The highest BCUT2D eigenvalue weighted by molar-refractivity contribution is 6.02. The van der Waals surface area contributed by atoms with Crippen molar-refractivity contribution >= 4 is 27.5 Å². The number of halogens is 3. The molecule has 6 heterocycles. The fourth-order valence-electron chi connectivity index (χ4n) is 8.44. The lowest BCUT2D eigenvalue weighted by Crippen LogP contribution is -2.45. The Hall–Kier alpha value is -3.98. The van der Waals surface area contributed by atoms with Crippen molar-refractivity contribution in [2.75, 3.05) is 44.2 Å². The maximum Gasteiger partial charge on any atom is 0.319 e. The van der Waals surface area contributed by atoms with Gasteiger partial charge in [0.2, 0.25) is 0 Å². The molecule has 0 aliphatic carbocycles. The molecule has 0 bridgehead atoms. The highest BCUT2D eigenvalue weighted by Crippen LogP contribution is 2.43. The average molecular weight is 629 g/mol. The third-order valence-electron chi connectivity index (χ3n) is 10.6. The van der Waals surface area contributed by atoms with E-state index in [2.05, 4.69) is 31.0 Å². The Morgan fingerprint density at radius 3 is 2.80 bits per heavy atom. The van der Waals surface area contributed by atoms with E-state index in [1.165, 1.54) is 6.07 Å². The van der Waals surface area contributed by atoms with Gasteiger partial charge in [-0.3, -0.25) is 15.2 Å². The monoisotopic (exact) mass is 628 g/mol. The molecule has 11 heteroatoms. The lowest BCUT2D eigenvalue weighted by Gasteiger charge is -2.41. The Balaban J connectivity index is 1.25. The number of nitrogens with one attached hydrogen (secondary N) is 1. The minimum Gasteiger partial charge on any atom is -0.461 e. The second kappa shape index (κ2) is 11.1. The summed E-state index contributed by atoms with van der Waals surface area (Å²) in [5.41, 5.74) is -0.166. The maximum atomic E-state index is 16.8. The molecule has 46 heavy (non-hydrogen) atoms. The van der Waals surface area contributed by atoms with E-state index in [9.17, 15) is 13.9 Å². The molecule has 0 saturated carbocycles. The van der Waals surface area contributed by atoms with E-state index >= 15 is 4.39 Å². The van der Waals surface area contributed by atoms with Crippen LogP contribution in [0.2, 0.25) is 0 Å². The number of alkyl halides is 1. The molecule has 2 aromatic carbocycles. The summed E-state index contributed by atoms with van der Waals surface area (Å²) in [7, 11) is 0. The Kier molecular flexibility index (Phi) is 7.08. The highest BCUT2D eigenvalue weighted by atomic mass is 19.1. The smallest absolute Gasteiger partial charge is 0.319 e. The molecule has 0 radical (unpaired) electrons. The van der Waals surface area contributed by atoms with Crippen molar-refractivity contribution in [1.29, 1.82) is 0 Å². The molecular weight excluding hydrogens is 593 g/mol. The SMILES string of the molecule is C#Cc1c(F)ccc2cccc(-c3ncc4c(N5CCCC6(CNC(O)C6)C5)nc(OC[C@@]56CCCN5C[C@H](F)C6)nc4c3F)c12. The number of hydrogen-bond acceptors (Lipinski definition) is 8. The number of piperidine rings is 1. The van der Waals surface area contributed by atoms with E-state index in [-0.39, 0.29) is 34.8 Å². The summed E-state index contributed by atoms with van der Waals surface area (Å²) in [5.74, 6) is 1.66. The minimum atomic E-state index is -0.915. The fourth-order valence-corrected chi connectivity index (χ4v) is 8.44. The molecule has 4 aliphatic heterocycles. The molecule has 4 aliphatic rings. The summed E-state index contributed by atoms with van der Waals surface area (Å²) in [6.07, 6.45) is 10.4. The molecule has 0 amide bonds. The third-order valence-corrected chi connectivity index (χ3v) is 10.6. The molecule has 1 spiro atoms. The Labute approximate surface area is 265 Å². The van der Waals surface area contributed by atoms with E-state index in [0.717, 1.165) is 32.2 Å². The van der Waals surface area contributed by atoms with Crippen LogP contribution < -0.4 is 15.0 Å². The van der Waals surface area contributed by atoms with Crippen molar-refractivity contribution in [1.82, 2.24) is 25.2 Å². The first-order valence-electron chi connectivity index (χ1n) is 16.0. The van der Waals surface area contributed by atoms with Crippen molar-refractivity contribution in [3.05, 3.63) is 53.7 Å². The van der Waals surface area contributed by atoms with Crippen molar-refractivity contribution in [2.45, 2.75) is 56.5 Å². The lowest BCUT2D eigenvalue weighted by molar-refractivity contribution is 0.107. The van der Waals surface area contributed by atoms with Gasteiger partial charge in [-0.25, -0.2) is 13.2 Å². The van der Waals surface area contributed by atoms with E-state index in [4.69, 9.17) is 16.1 Å². The van der Waals surface area contributed by atoms with Crippen molar-refractivity contribution in [3.63, 3.8) is 0 Å². The van der Waals surface area contributed by atoms with Gasteiger partial charge in [0.15, 0.2) is 5.82 Å². The number of pyridine rings is 1. The summed E-state index contributed by atoms with van der Waals surface area (Å²) in [6.45, 7) is 3.37. The molecule has 4 saturated heterocycles. The zero-order valence-corrected chi connectivity index (χ0v) is 25.4. The Morgan fingerprint density at radius 1 is 1.11 bits per heavy atom. The molecule has 4 atom stereocenters. The normalized spacial score (nSPS) is 27.9. The van der Waals surface area contributed by atoms with E-state index < -0.39 is 29.6 Å². The number of benzene rings is 2. The van der Waals surface area contributed by atoms with Gasteiger partial charge in [0.05, 0.1) is 16.5 Å². The highest BCUT2D eigenvalue weighted by Gasteiger charge is 2.49. The summed E-state index contributed by atoms with van der Waals surface area (Å²) >= 11 is 0. The minimum absolute atomic E-state index is 0.00865. The molecular formula is C35H35F3N6O2. The first kappa shape index (κ1) is 29.4. The van der Waals surface area contributed by atoms with E-state index in [1.54, 1.807) is 30.5 Å². The fraction of sp³-hybridized carbons (Fsp3) is 0.457. The number of terminal acetylenes is 1. The van der Waals surface area contributed by atoms with Gasteiger partial charge in [0, 0.05) is 55.2 Å². The molecule has 2 aromatic heterocycles. The summed E-state index contributed by atoms with van der Waals surface area (Å²) in [5, 5.41) is 14.9. The van der Waals surface area contributed by atoms with Gasteiger partial charge in [-0.05, 0) is 50.1 Å². The zero-order chi connectivity index (χ0) is 31.6. The van der Waals surface area contributed by atoms with Crippen molar-refractivity contribution in [2.24, 2.45) is 5.41 Å². The Morgan fingerprint density at radius 2 is 1.98 bits per heavy atom. The number of fused-ring (bicyclic) bond motifs is 3. The number of aliphatic hydroxyl groups is 1. The van der Waals surface area contributed by atoms with Crippen LogP contribution in [0.3, 0.4) is 0 Å². The first-order chi connectivity index (χ1) is 22.3. The average Bonchev–Trinajstić information content (AvgIpc) is 3.71. The topological polar surface area (TPSA) is 86.6 Å². The Bertz CT molecular complexity index is 1900. The number of aromatic nitrogens is 3. The number of anilines is 1. The van der Waals surface area contributed by atoms with Gasteiger partial charge in [-0.1, -0.05) is 30.2 Å². The van der Waals surface area contributed by atoms with Gasteiger partial charge in [-0.15, -0.1) is 6.42 Å². The quantitative estimate of drug-likeness (QED) is 0.300. The number of hydrogen-bond donors (Lipinski definition) is 2. The second-order valence-corrected chi connectivity index (χ2v) is 13.5. The zero-order valence-electron chi connectivity index (χ0n) is 25.4. The number of rotatable bonds is 5. The molecule has 2 unspecified atom stereocenters. The molecule has 238 valence electrons. The number of ether oxygens (including phenoxy) is 1. The largest absolute Gasteiger partial charge is 0.461 e. The summed E-state index contributed by atoms with van der Waals surface area (Å²) < 4.78 is 52.4. The van der Waals surface area contributed by atoms with Crippen LogP contribution in [-0.4, -0.2) is 82.2 Å². The predicted octanol–water partition coefficient (Wildman–Crippen LogP) is 4.96. The number of aliphatic hydroxyl groups excluding tert-OH is 1. The summed E-state index contributed by atoms with van der Waals surface area (Å²) in [4.78, 5) is 18.3. The standard InChI is InChI=1S/C35H35F3N6O2/c1-2-23-26(37)9-8-21-6-3-7-24(28(21)23)30-29(38)31-25(16-39-30)32(43-12-4-10-34(19-43)15-27(45)40-18-34)42-33(41-31)46-20-35-11-5-13-44(35)17-22(36)14-35/h1,3,6-9,16,22,27,40,45H,4-5,10-15,17-20H2/t22-,27?,34?,35+/m1/s1. The van der Waals surface area contributed by atoms with E-state index in [1.807, 2.05) is 0 Å². The van der Waals surface area contributed by atoms with Crippen LogP contribution in [0.5, 0.6) is 6.01 Å².